The second kappa shape index (κ2) is 2.89. The minimum absolute atomic E-state index is 0.141. The van der Waals surface area contributed by atoms with Crippen molar-refractivity contribution < 1.29 is 18.5 Å². The molecule has 0 aromatic carbocycles. The van der Waals surface area contributed by atoms with Crippen LogP contribution < -0.4 is 5.46 Å². The second-order valence-electron chi connectivity index (χ2n) is 2.30. The number of hydrogen-bond acceptors (Lipinski definition) is 5. The summed E-state index contributed by atoms with van der Waals surface area (Å²) in [6.45, 7) is 0. The smallest absolute Gasteiger partial charge is 0.423 e. The first kappa shape index (κ1) is 9.23. The first-order valence-corrected chi connectivity index (χ1v) is 4.91. The second-order valence-corrected chi connectivity index (χ2v) is 4.25. The van der Waals surface area contributed by atoms with Crippen LogP contribution in [0.25, 0.3) is 0 Å². The lowest BCUT2D eigenvalue weighted by Gasteiger charge is -1.97. The first-order valence-electron chi connectivity index (χ1n) is 3.02. The highest BCUT2D eigenvalue weighted by Crippen LogP contribution is 1.99. The van der Waals surface area contributed by atoms with E-state index in [4.69, 9.17) is 10.0 Å². The van der Waals surface area contributed by atoms with Gasteiger partial charge in [0.05, 0.1) is 0 Å². The number of sulfone groups is 1. The van der Waals surface area contributed by atoms with Crippen molar-refractivity contribution in [2.75, 3.05) is 6.26 Å². The summed E-state index contributed by atoms with van der Waals surface area (Å²) in [5, 5.41) is 22.7. The molecule has 8 heteroatoms. The van der Waals surface area contributed by atoms with Gasteiger partial charge in [-0.3, -0.25) is 5.10 Å². The van der Waals surface area contributed by atoms with Crippen LogP contribution in [0.5, 0.6) is 0 Å². The molecule has 0 bridgehead atoms. The number of hydrogen-bond donors (Lipinski definition) is 3. The molecule has 0 saturated carbocycles. The van der Waals surface area contributed by atoms with Gasteiger partial charge in [-0.25, -0.2) is 8.42 Å². The molecule has 3 N–H and O–H groups in total. The average molecular weight is 190 g/mol. The van der Waals surface area contributed by atoms with Crippen LogP contribution >= 0.6 is 0 Å². The maximum absolute atomic E-state index is 10.9. The topological polar surface area (TPSA) is 103 Å². The van der Waals surface area contributed by atoms with E-state index in [1.165, 1.54) is 0 Å². The summed E-state index contributed by atoms with van der Waals surface area (Å²) < 4.78 is 21.9. The largest absolute Gasteiger partial charge is 0.493 e. The number of nitrogens with zero attached hydrogens (tertiary/aromatic N) is 1. The van der Waals surface area contributed by atoms with Crippen molar-refractivity contribution >= 4 is 22.4 Å². The zero-order valence-corrected chi connectivity index (χ0v) is 7.04. The van der Waals surface area contributed by atoms with Crippen LogP contribution in [0.2, 0.25) is 0 Å². The maximum atomic E-state index is 10.9. The van der Waals surface area contributed by atoms with E-state index in [-0.39, 0.29) is 10.5 Å². The van der Waals surface area contributed by atoms with Crippen molar-refractivity contribution in [2.24, 2.45) is 0 Å². The summed E-state index contributed by atoms with van der Waals surface area (Å²) in [5.74, 6) is 0. The van der Waals surface area contributed by atoms with E-state index >= 15 is 0 Å². The van der Waals surface area contributed by atoms with E-state index in [2.05, 4.69) is 10.2 Å². The molecule has 0 saturated heterocycles. The zero-order chi connectivity index (χ0) is 9.35. The predicted molar refractivity (Wildman–Crippen MR) is 41.5 cm³/mol. The summed E-state index contributed by atoms with van der Waals surface area (Å²) >= 11 is 0. The molecule has 1 aromatic heterocycles. The van der Waals surface area contributed by atoms with Gasteiger partial charge in [0.15, 0.2) is 9.84 Å². The van der Waals surface area contributed by atoms with Crippen molar-refractivity contribution in [1.29, 1.82) is 0 Å². The Morgan fingerprint density at radius 3 is 2.50 bits per heavy atom. The lowest BCUT2D eigenvalue weighted by molar-refractivity contribution is 0.424. The molecule has 0 unspecified atom stereocenters. The molecule has 0 amide bonds. The molecule has 0 aliphatic carbocycles. The molecule has 0 atom stereocenters. The van der Waals surface area contributed by atoms with E-state index in [1.807, 2.05) is 0 Å². The molecular weight excluding hydrogens is 183 g/mol. The molecule has 1 heterocycles. The van der Waals surface area contributed by atoms with Gasteiger partial charge in [-0.1, -0.05) is 0 Å². The van der Waals surface area contributed by atoms with Crippen LogP contribution in [0.3, 0.4) is 0 Å². The third kappa shape index (κ3) is 1.66. The number of rotatable bonds is 2. The third-order valence-corrected chi connectivity index (χ3v) is 2.35. The average Bonchev–Trinajstić information content (AvgIpc) is 2.30. The van der Waals surface area contributed by atoms with Gasteiger partial charge in [-0.2, -0.15) is 5.10 Å². The van der Waals surface area contributed by atoms with E-state index in [0.717, 1.165) is 12.5 Å². The molecule has 1 rings (SSSR count). The molecule has 6 nitrogen and oxygen atoms in total. The Hall–Kier alpha value is -0.855. The molecule has 0 aliphatic heterocycles. The molecule has 66 valence electrons. The predicted octanol–water partition coefficient (Wildman–Crippen LogP) is -2.51. The monoisotopic (exact) mass is 190 g/mol. The van der Waals surface area contributed by atoms with Crippen molar-refractivity contribution in [3.63, 3.8) is 0 Å². The minimum Gasteiger partial charge on any atom is -0.423 e. The van der Waals surface area contributed by atoms with Gasteiger partial charge < -0.3 is 10.0 Å². The summed E-state index contributed by atoms with van der Waals surface area (Å²) in [7, 11) is -5.30. The molecule has 0 spiro atoms. The molecule has 0 fully saturated rings. The number of aromatic amines is 1. The van der Waals surface area contributed by atoms with E-state index < -0.39 is 17.0 Å². The van der Waals surface area contributed by atoms with Crippen molar-refractivity contribution in [1.82, 2.24) is 10.2 Å². The fourth-order valence-electron chi connectivity index (χ4n) is 0.765. The van der Waals surface area contributed by atoms with Gasteiger partial charge in [0.25, 0.3) is 0 Å². The standard InChI is InChI=1S/C4H7BN2O4S/c1-12(10,11)4-3(5(8)9)2-6-7-4/h2,8-9H,1H3,(H,6,7). The fraction of sp³-hybridized carbons (Fsp3) is 0.250. The van der Waals surface area contributed by atoms with Crippen LogP contribution in [0.1, 0.15) is 0 Å². The normalized spacial score (nSPS) is 11.6. The quantitative estimate of drug-likeness (QED) is 0.447. The molecular formula is C4H7BN2O4S. The van der Waals surface area contributed by atoms with Gasteiger partial charge in [-0.15, -0.1) is 0 Å². The minimum atomic E-state index is -3.47. The summed E-state index contributed by atoms with van der Waals surface area (Å²) in [4.78, 5) is 0. The lowest BCUT2D eigenvalue weighted by atomic mass is 9.83. The van der Waals surface area contributed by atoms with Gasteiger partial charge >= 0.3 is 7.12 Å². The first-order chi connectivity index (χ1) is 5.43. The summed E-state index contributed by atoms with van der Waals surface area (Å²) in [6, 6.07) is 0. The highest BCUT2D eigenvalue weighted by Gasteiger charge is 2.23. The Labute approximate surface area is 69.3 Å². The Morgan fingerprint density at radius 1 is 1.58 bits per heavy atom. The fourth-order valence-corrected chi connectivity index (χ4v) is 1.57. The highest BCUT2D eigenvalue weighted by atomic mass is 32.2. The Kier molecular flexibility index (Phi) is 2.22. The van der Waals surface area contributed by atoms with Gasteiger partial charge in [0.1, 0.15) is 5.03 Å². The number of aromatic nitrogens is 2. The van der Waals surface area contributed by atoms with E-state index in [9.17, 15) is 8.42 Å². The van der Waals surface area contributed by atoms with Crippen LogP contribution in [-0.4, -0.2) is 42.0 Å². The van der Waals surface area contributed by atoms with Crippen LogP contribution in [0.15, 0.2) is 11.2 Å². The van der Waals surface area contributed by atoms with Crippen LogP contribution in [0.4, 0.5) is 0 Å². The SMILES string of the molecule is CS(=O)(=O)c1[nH]ncc1B(O)O. The van der Waals surface area contributed by atoms with Gasteiger partial charge in [0.2, 0.25) is 0 Å². The molecule has 0 aliphatic rings. The third-order valence-electron chi connectivity index (χ3n) is 1.28. The van der Waals surface area contributed by atoms with E-state index in [1.54, 1.807) is 0 Å². The molecule has 0 radical (unpaired) electrons. The Bertz CT molecular complexity index is 370. The number of nitrogens with one attached hydrogen (secondary N) is 1. The maximum Gasteiger partial charge on any atom is 0.493 e. The Morgan fingerprint density at radius 2 is 2.17 bits per heavy atom. The summed E-state index contributed by atoms with van der Waals surface area (Å²) in [5.41, 5.74) is -0.141. The highest BCUT2D eigenvalue weighted by molar-refractivity contribution is 7.90. The Balaban J connectivity index is 3.26. The summed E-state index contributed by atoms with van der Waals surface area (Å²) in [6.07, 6.45) is 2.01. The zero-order valence-electron chi connectivity index (χ0n) is 6.22. The van der Waals surface area contributed by atoms with Crippen molar-refractivity contribution in [3.8, 4) is 0 Å². The van der Waals surface area contributed by atoms with E-state index in [0.29, 0.717) is 0 Å². The van der Waals surface area contributed by atoms with Gasteiger partial charge in [0, 0.05) is 17.9 Å². The number of H-pyrrole nitrogens is 1. The van der Waals surface area contributed by atoms with Crippen molar-refractivity contribution in [2.45, 2.75) is 5.03 Å². The van der Waals surface area contributed by atoms with Gasteiger partial charge in [-0.05, 0) is 0 Å². The van der Waals surface area contributed by atoms with Crippen LogP contribution in [-0.2, 0) is 9.84 Å². The van der Waals surface area contributed by atoms with Crippen LogP contribution in [0, 0.1) is 0 Å². The lowest BCUT2D eigenvalue weighted by Crippen LogP contribution is -2.32. The molecule has 1 aromatic rings. The van der Waals surface area contributed by atoms with Crippen molar-refractivity contribution in [3.05, 3.63) is 6.20 Å². The molecule has 12 heavy (non-hydrogen) atoms.